The second-order valence-corrected chi connectivity index (χ2v) is 4.03. The van der Waals surface area contributed by atoms with Crippen LogP contribution in [0.5, 0.6) is 0 Å². The number of hydrogen-bond donors (Lipinski definition) is 1. The van der Waals surface area contributed by atoms with Crippen molar-refractivity contribution in [2.24, 2.45) is 5.92 Å². The van der Waals surface area contributed by atoms with Gasteiger partial charge in [-0.05, 0) is 13.3 Å². The molecule has 0 spiro atoms. The Bertz CT molecular complexity index is 243. The fourth-order valence-corrected chi connectivity index (χ4v) is 1.38. The first-order valence-electron chi connectivity index (χ1n) is 6.11. The Labute approximate surface area is 103 Å². The Kier molecular flexibility index (Phi) is 8.40. The maximum Gasteiger partial charge on any atom is 0.308 e. The van der Waals surface area contributed by atoms with Crippen molar-refractivity contribution in [2.75, 3.05) is 26.3 Å². The number of ether oxygens (including phenoxy) is 1. The Morgan fingerprint density at radius 2 is 1.94 bits per heavy atom. The van der Waals surface area contributed by atoms with Crippen LogP contribution in [0.25, 0.3) is 0 Å². The van der Waals surface area contributed by atoms with Crippen LogP contribution in [-0.2, 0) is 14.3 Å². The molecule has 17 heavy (non-hydrogen) atoms. The zero-order valence-electron chi connectivity index (χ0n) is 10.9. The van der Waals surface area contributed by atoms with Gasteiger partial charge in [-0.2, -0.15) is 0 Å². The first-order chi connectivity index (χ1) is 8.02. The summed E-state index contributed by atoms with van der Waals surface area (Å²) in [6.45, 7) is 7.32. The molecule has 5 heteroatoms. The molecule has 0 saturated carbocycles. The second-order valence-electron chi connectivity index (χ2n) is 4.03. The summed E-state index contributed by atoms with van der Waals surface area (Å²) in [6.07, 6.45) is 1.25. The standard InChI is InChI=1S/C12H23NO4/c1-4-7-17-8-6-11(14)13(5-2)9-10(3)12(15)16/h10H,4-9H2,1-3H3,(H,15,16). The molecule has 5 nitrogen and oxygen atoms in total. The highest BCUT2D eigenvalue weighted by Gasteiger charge is 2.18. The molecule has 0 fully saturated rings. The SMILES string of the molecule is CCCOCCC(=O)N(CC)CC(C)C(=O)O. The van der Waals surface area contributed by atoms with E-state index in [1.54, 1.807) is 11.8 Å². The molecule has 0 bridgehead atoms. The van der Waals surface area contributed by atoms with Crippen LogP contribution in [-0.4, -0.2) is 48.2 Å². The third-order valence-electron chi connectivity index (χ3n) is 2.46. The number of carboxylic acid groups (broad SMARTS) is 1. The summed E-state index contributed by atoms with van der Waals surface area (Å²) in [4.78, 5) is 24.0. The predicted molar refractivity (Wildman–Crippen MR) is 64.8 cm³/mol. The molecule has 0 aromatic heterocycles. The van der Waals surface area contributed by atoms with Crippen molar-refractivity contribution >= 4 is 11.9 Å². The minimum Gasteiger partial charge on any atom is -0.481 e. The normalized spacial score (nSPS) is 12.2. The highest BCUT2D eigenvalue weighted by atomic mass is 16.5. The van der Waals surface area contributed by atoms with E-state index >= 15 is 0 Å². The van der Waals surface area contributed by atoms with Gasteiger partial charge in [0.2, 0.25) is 5.91 Å². The fraction of sp³-hybridized carbons (Fsp3) is 0.833. The van der Waals surface area contributed by atoms with Crippen LogP contribution in [0.15, 0.2) is 0 Å². The van der Waals surface area contributed by atoms with Crippen molar-refractivity contribution in [3.8, 4) is 0 Å². The topological polar surface area (TPSA) is 66.8 Å². The fourth-order valence-electron chi connectivity index (χ4n) is 1.38. The van der Waals surface area contributed by atoms with Gasteiger partial charge in [0.05, 0.1) is 18.9 Å². The van der Waals surface area contributed by atoms with Gasteiger partial charge < -0.3 is 14.7 Å². The Hall–Kier alpha value is -1.10. The van der Waals surface area contributed by atoms with E-state index in [1.807, 2.05) is 13.8 Å². The molecule has 0 saturated heterocycles. The molecule has 1 unspecified atom stereocenters. The number of nitrogens with zero attached hydrogens (tertiary/aromatic N) is 1. The molecule has 100 valence electrons. The Morgan fingerprint density at radius 3 is 2.41 bits per heavy atom. The van der Waals surface area contributed by atoms with E-state index in [0.717, 1.165) is 6.42 Å². The first kappa shape index (κ1) is 15.9. The second kappa shape index (κ2) is 8.98. The van der Waals surface area contributed by atoms with Crippen molar-refractivity contribution in [1.82, 2.24) is 4.90 Å². The molecule has 0 aliphatic rings. The Morgan fingerprint density at radius 1 is 1.29 bits per heavy atom. The third-order valence-corrected chi connectivity index (χ3v) is 2.46. The monoisotopic (exact) mass is 245 g/mol. The van der Waals surface area contributed by atoms with Gasteiger partial charge in [0.15, 0.2) is 0 Å². The molecule has 1 N–H and O–H groups in total. The molecule has 0 aromatic rings. The van der Waals surface area contributed by atoms with Crippen LogP contribution in [0.1, 0.15) is 33.6 Å². The third kappa shape index (κ3) is 6.94. The molecule has 0 heterocycles. The summed E-state index contributed by atoms with van der Waals surface area (Å²) >= 11 is 0. The van der Waals surface area contributed by atoms with Crippen LogP contribution in [0.2, 0.25) is 0 Å². The van der Waals surface area contributed by atoms with Gasteiger partial charge in [-0.25, -0.2) is 0 Å². The van der Waals surface area contributed by atoms with Crippen LogP contribution in [0.3, 0.4) is 0 Å². The largest absolute Gasteiger partial charge is 0.481 e. The van der Waals surface area contributed by atoms with Gasteiger partial charge in [0, 0.05) is 19.7 Å². The van der Waals surface area contributed by atoms with Crippen LogP contribution < -0.4 is 0 Å². The van der Waals surface area contributed by atoms with Crippen LogP contribution in [0, 0.1) is 5.92 Å². The lowest BCUT2D eigenvalue weighted by atomic mass is 10.1. The molecule has 0 rings (SSSR count). The number of hydrogen-bond acceptors (Lipinski definition) is 3. The van der Waals surface area contributed by atoms with Gasteiger partial charge >= 0.3 is 5.97 Å². The Balaban J connectivity index is 3.99. The maximum atomic E-state index is 11.7. The molecule has 0 radical (unpaired) electrons. The number of amides is 1. The van der Waals surface area contributed by atoms with Gasteiger partial charge in [-0.3, -0.25) is 9.59 Å². The lowest BCUT2D eigenvalue weighted by molar-refractivity contribution is -0.143. The van der Waals surface area contributed by atoms with E-state index in [0.29, 0.717) is 26.2 Å². The average Bonchev–Trinajstić information content (AvgIpc) is 2.30. The number of rotatable bonds is 9. The highest BCUT2D eigenvalue weighted by Crippen LogP contribution is 2.03. The first-order valence-corrected chi connectivity index (χ1v) is 6.11. The zero-order valence-corrected chi connectivity index (χ0v) is 10.9. The predicted octanol–water partition coefficient (Wildman–Crippen LogP) is 1.37. The van der Waals surface area contributed by atoms with Gasteiger partial charge in [0.1, 0.15) is 0 Å². The van der Waals surface area contributed by atoms with E-state index in [9.17, 15) is 9.59 Å². The lowest BCUT2D eigenvalue weighted by Crippen LogP contribution is -2.37. The number of aliphatic carboxylic acids is 1. The van der Waals surface area contributed by atoms with E-state index in [4.69, 9.17) is 9.84 Å². The van der Waals surface area contributed by atoms with Crippen molar-refractivity contribution < 1.29 is 19.4 Å². The summed E-state index contributed by atoms with van der Waals surface area (Å²) in [5.41, 5.74) is 0. The smallest absolute Gasteiger partial charge is 0.308 e. The van der Waals surface area contributed by atoms with Crippen molar-refractivity contribution in [1.29, 1.82) is 0 Å². The molecule has 0 aliphatic carbocycles. The molecule has 0 aliphatic heterocycles. The number of carboxylic acids is 1. The highest BCUT2D eigenvalue weighted by molar-refractivity contribution is 5.77. The summed E-state index contributed by atoms with van der Waals surface area (Å²) in [6, 6.07) is 0. The van der Waals surface area contributed by atoms with E-state index in [1.165, 1.54) is 0 Å². The van der Waals surface area contributed by atoms with Crippen molar-refractivity contribution in [2.45, 2.75) is 33.6 Å². The number of carbonyl (C=O) groups excluding carboxylic acids is 1. The quantitative estimate of drug-likeness (QED) is 0.623. The average molecular weight is 245 g/mol. The summed E-state index contributed by atoms with van der Waals surface area (Å²) < 4.78 is 5.24. The number of carbonyl (C=O) groups is 2. The lowest BCUT2D eigenvalue weighted by Gasteiger charge is -2.22. The molecular formula is C12H23NO4. The molecule has 0 aromatic carbocycles. The minimum absolute atomic E-state index is 0.0447. The summed E-state index contributed by atoms with van der Waals surface area (Å²) in [7, 11) is 0. The molecule has 1 amide bonds. The maximum absolute atomic E-state index is 11.7. The summed E-state index contributed by atoms with van der Waals surface area (Å²) in [5.74, 6) is -1.45. The van der Waals surface area contributed by atoms with E-state index < -0.39 is 11.9 Å². The van der Waals surface area contributed by atoms with Crippen molar-refractivity contribution in [3.63, 3.8) is 0 Å². The van der Waals surface area contributed by atoms with Gasteiger partial charge in [0.25, 0.3) is 0 Å². The summed E-state index contributed by atoms with van der Waals surface area (Å²) in [5, 5.41) is 8.79. The van der Waals surface area contributed by atoms with E-state index in [2.05, 4.69) is 0 Å². The van der Waals surface area contributed by atoms with Gasteiger partial charge in [-0.15, -0.1) is 0 Å². The minimum atomic E-state index is -0.876. The van der Waals surface area contributed by atoms with E-state index in [-0.39, 0.29) is 12.5 Å². The molecular weight excluding hydrogens is 222 g/mol. The molecule has 1 atom stereocenters. The van der Waals surface area contributed by atoms with Crippen molar-refractivity contribution in [3.05, 3.63) is 0 Å². The zero-order chi connectivity index (χ0) is 13.3. The van der Waals surface area contributed by atoms with Crippen LogP contribution >= 0.6 is 0 Å². The van der Waals surface area contributed by atoms with Crippen LogP contribution in [0.4, 0.5) is 0 Å². The van der Waals surface area contributed by atoms with Gasteiger partial charge in [-0.1, -0.05) is 13.8 Å².